The summed E-state index contributed by atoms with van der Waals surface area (Å²) in [6, 6.07) is 8.58. The van der Waals surface area contributed by atoms with Gasteiger partial charge in [0.1, 0.15) is 11.6 Å². The third kappa shape index (κ3) is 6.67. The third-order valence-corrected chi connectivity index (χ3v) is 3.28. The first-order valence-electron chi connectivity index (χ1n) is 6.89. The Morgan fingerprint density at radius 3 is 2.38 bits per heavy atom. The van der Waals surface area contributed by atoms with Crippen LogP contribution < -0.4 is 5.32 Å². The largest absolute Gasteiger partial charge is 0.444 e. The van der Waals surface area contributed by atoms with Crippen molar-refractivity contribution in [2.24, 2.45) is 0 Å². The molecule has 0 unspecified atom stereocenters. The number of alkyl carbamates (subject to hydrolysis) is 1. The number of Topliss-reactive ketones (excluding diaryl/α,β-unsaturated/α-hetero) is 1. The van der Waals surface area contributed by atoms with Crippen molar-refractivity contribution in [1.82, 2.24) is 5.32 Å². The van der Waals surface area contributed by atoms with Gasteiger partial charge in [0, 0.05) is 6.42 Å². The van der Waals surface area contributed by atoms with E-state index < -0.39 is 17.7 Å². The first kappa shape index (κ1) is 17.6. The highest BCUT2D eigenvalue weighted by Gasteiger charge is 2.25. The van der Waals surface area contributed by atoms with Gasteiger partial charge in [0.2, 0.25) is 0 Å². The predicted molar refractivity (Wildman–Crippen MR) is 86.6 cm³/mol. The number of ketones is 1. The SMILES string of the molecule is CSCCC(=O)[C@@H](NC(=O)OC(C)(C)C)c1ccccc1. The van der Waals surface area contributed by atoms with Crippen LogP contribution in [0.5, 0.6) is 0 Å². The van der Waals surface area contributed by atoms with Crippen molar-refractivity contribution in [3.8, 4) is 0 Å². The minimum Gasteiger partial charge on any atom is -0.444 e. The molecule has 0 aromatic heterocycles. The summed E-state index contributed by atoms with van der Waals surface area (Å²) < 4.78 is 5.24. The van der Waals surface area contributed by atoms with Gasteiger partial charge in [-0.05, 0) is 38.3 Å². The minimum absolute atomic E-state index is 0.0126. The zero-order valence-corrected chi connectivity index (χ0v) is 13.8. The van der Waals surface area contributed by atoms with Crippen molar-refractivity contribution < 1.29 is 14.3 Å². The molecule has 0 spiro atoms. The van der Waals surface area contributed by atoms with Gasteiger partial charge in [0.25, 0.3) is 0 Å². The lowest BCUT2D eigenvalue weighted by molar-refractivity contribution is -0.120. The molecule has 0 aliphatic rings. The number of carbonyl (C=O) groups is 2. The van der Waals surface area contributed by atoms with Gasteiger partial charge in [-0.3, -0.25) is 4.79 Å². The monoisotopic (exact) mass is 309 g/mol. The Labute approximate surface area is 130 Å². The topological polar surface area (TPSA) is 55.4 Å². The fourth-order valence-corrected chi connectivity index (χ4v) is 2.17. The molecule has 0 saturated carbocycles. The van der Waals surface area contributed by atoms with Crippen LogP contribution in [-0.2, 0) is 9.53 Å². The summed E-state index contributed by atoms with van der Waals surface area (Å²) in [5, 5.41) is 2.68. The number of hydrogen-bond acceptors (Lipinski definition) is 4. The van der Waals surface area contributed by atoms with Crippen LogP contribution in [0.1, 0.15) is 38.8 Å². The number of amides is 1. The van der Waals surface area contributed by atoms with Crippen molar-refractivity contribution in [2.75, 3.05) is 12.0 Å². The normalized spacial score (nSPS) is 12.6. The average Bonchev–Trinajstić information content (AvgIpc) is 2.41. The van der Waals surface area contributed by atoms with Crippen LogP contribution in [-0.4, -0.2) is 29.5 Å². The molecular weight excluding hydrogens is 286 g/mol. The highest BCUT2D eigenvalue weighted by molar-refractivity contribution is 7.98. The van der Waals surface area contributed by atoms with Crippen molar-refractivity contribution in [1.29, 1.82) is 0 Å². The zero-order valence-electron chi connectivity index (χ0n) is 13.0. The lowest BCUT2D eigenvalue weighted by Crippen LogP contribution is -2.38. The quantitative estimate of drug-likeness (QED) is 0.872. The summed E-state index contributed by atoms with van der Waals surface area (Å²) >= 11 is 1.61. The molecule has 5 heteroatoms. The van der Waals surface area contributed by atoms with Crippen LogP contribution in [0.2, 0.25) is 0 Å². The summed E-state index contributed by atoms with van der Waals surface area (Å²) in [5.41, 5.74) is 0.183. The second-order valence-electron chi connectivity index (χ2n) is 5.70. The number of carbonyl (C=O) groups excluding carboxylic acids is 2. The van der Waals surface area contributed by atoms with Crippen LogP contribution in [0.3, 0.4) is 0 Å². The van der Waals surface area contributed by atoms with Gasteiger partial charge in [0.05, 0.1) is 0 Å². The van der Waals surface area contributed by atoms with Gasteiger partial charge in [-0.1, -0.05) is 30.3 Å². The van der Waals surface area contributed by atoms with E-state index in [1.165, 1.54) is 0 Å². The zero-order chi connectivity index (χ0) is 15.9. The van der Waals surface area contributed by atoms with E-state index >= 15 is 0 Å². The molecule has 1 aromatic carbocycles. The summed E-state index contributed by atoms with van der Waals surface area (Å²) in [7, 11) is 0. The summed E-state index contributed by atoms with van der Waals surface area (Å²) in [4.78, 5) is 24.2. The molecule has 4 nitrogen and oxygen atoms in total. The van der Waals surface area contributed by atoms with Gasteiger partial charge in [-0.15, -0.1) is 0 Å². The molecule has 0 radical (unpaired) electrons. The van der Waals surface area contributed by atoms with E-state index in [0.29, 0.717) is 6.42 Å². The summed E-state index contributed by atoms with van der Waals surface area (Å²) in [6.07, 6.45) is 1.79. The molecule has 1 atom stereocenters. The second-order valence-corrected chi connectivity index (χ2v) is 6.68. The first-order chi connectivity index (χ1) is 9.83. The third-order valence-electron chi connectivity index (χ3n) is 2.67. The number of nitrogens with one attached hydrogen (secondary N) is 1. The molecule has 1 aromatic rings. The number of benzene rings is 1. The molecule has 1 N–H and O–H groups in total. The van der Waals surface area contributed by atoms with Gasteiger partial charge in [0.15, 0.2) is 5.78 Å². The van der Waals surface area contributed by atoms with Gasteiger partial charge in [-0.2, -0.15) is 11.8 Å². The highest BCUT2D eigenvalue weighted by Crippen LogP contribution is 2.17. The Hall–Kier alpha value is -1.49. The van der Waals surface area contributed by atoms with E-state index in [2.05, 4.69) is 5.32 Å². The Morgan fingerprint density at radius 2 is 1.86 bits per heavy atom. The Bertz CT molecular complexity index is 468. The van der Waals surface area contributed by atoms with E-state index in [9.17, 15) is 9.59 Å². The Balaban J connectivity index is 2.82. The Kier molecular flexibility index (Phi) is 6.75. The molecular formula is C16H23NO3S. The molecule has 0 heterocycles. The smallest absolute Gasteiger partial charge is 0.408 e. The first-order valence-corrected chi connectivity index (χ1v) is 8.29. The highest BCUT2D eigenvalue weighted by atomic mass is 32.2. The molecule has 0 bridgehead atoms. The fourth-order valence-electron chi connectivity index (χ4n) is 1.77. The molecule has 0 aliphatic heterocycles. The minimum atomic E-state index is -0.659. The Morgan fingerprint density at radius 1 is 1.24 bits per heavy atom. The van der Waals surface area contributed by atoms with E-state index in [1.54, 1.807) is 32.5 Å². The van der Waals surface area contributed by atoms with Crippen LogP contribution in [0.15, 0.2) is 30.3 Å². The summed E-state index contributed by atoms with van der Waals surface area (Å²) in [5.74, 6) is 0.722. The molecule has 1 rings (SSSR count). The van der Waals surface area contributed by atoms with E-state index in [1.807, 2.05) is 36.6 Å². The van der Waals surface area contributed by atoms with Crippen molar-refractivity contribution in [3.05, 3.63) is 35.9 Å². The molecule has 116 valence electrons. The van der Waals surface area contributed by atoms with Crippen molar-refractivity contribution in [3.63, 3.8) is 0 Å². The van der Waals surface area contributed by atoms with Crippen LogP contribution in [0.4, 0.5) is 4.79 Å². The molecule has 21 heavy (non-hydrogen) atoms. The predicted octanol–water partition coefficient (Wildman–Crippen LogP) is 3.57. The maximum atomic E-state index is 12.3. The fraction of sp³-hybridized carbons (Fsp3) is 0.500. The molecule has 1 amide bonds. The molecule has 0 saturated heterocycles. The van der Waals surface area contributed by atoms with Crippen LogP contribution in [0, 0.1) is 0 Å². The lowest BCUT2D eigenvalue weighted by Gasteiger charge is -2.23. The standard InChI is InChI=1S/C16H23NO3S/c1-16(2,3)20-15(19)17-14(13(18)10-11-21-4)12-8-6-5-7-9-12/h5-9,14H,10-11H2,1-4H3,(H,17,19)/t14-/m0/s1. The van der Waals surface area contributed by atoms with E-state index in [0.717, 1.165) is 11.3 Å². The number of thioether (sulfide) groups is 1. The van der Waals surface area contributed by atoms with Crippen LogP contribution >= 0.6 is 11.8 Å². The summed E-state index contributed by atoms with van der Waals surface area (Å²) in [6.45, 7) is 5.37. The van der Waals surface area contributed by atoms with Crippen LogP contribution in [0.25, 0.3) is 0 Å². The van der Waals surface area contributed by atoms with Crippen molar-refractivity contribution >= 4 is 23.6 Å². The molecule has 0 aliphatic carbocycles. The van der Waals surface area contributed by atoms with Gasteiger partial charge >= 0.3 is 6.09 Å². The average molecular weight is 309 g/mol. The maximum Gasteiger partial charge on any atom is 0.408 e. The number of rotatable bonds is 6. The van der Waals surface area contributed by atoms with Gasteiger partial charge < -0.3 is 10.1 Å². The van der Waals surface area contributed by atoms with Gasteiger partial charge in [-0.25, -0.2) is 4.79 Å². The van der Waals surface area contributed by atoms with E-state index in [4.69, 9.17) is 4.74 Å². The molecule has 0 fully saturated rings. The van der Waals surface area contributed by atoms with Crippen molar-refractivity contribution in [2.45, 2.75) is 38.8 Å². The van der Waals surface area contributed by atoms with E-state index in [-0.39, 0.29) is 5.78 Å². The second kappa shape index (κ2) is 8.08. The number of ether oxygens (including phenoxy) is 1. The maximum absolute atomic E-state index is 12.3. The number of hydrogen-bond donors (Lipinski definition) is 1. The lowest BCUT2D eigenvalue weighted by atomic mass is 10.0.